The standard InChI is InChI=1S/C32H30Cl2FN5O2/c1-3-29(41)39-11-10-27-28(39)16-40(27)31-23-13-25(34)22(21-8-4-6-18-7-5-9-24(33)30(18)21)14-26(23)36-32(37-31)42-17-20-12-19(35)15-38(20)2/h3-9,13-14,19-20,27-28H,1,10-12,15-17H2,2H3/t19-,20+,27?,28-/m1/s1. The van der Waals surface area contributed by atoms with Gasteiger partial charge in [-0.2, -0.15) is 9.97 Å². The number of nitrogens with zero attached hydrogens (tertiary/aromatic N) is 5. The molecule has 3 fully saturated rings. The molecule has 0 spiro atoms. The lowest BCUT2D eigenvalue weighted by Crippen LogP contribution is -2.63. The molecule has 3 aliphatic heterocycles. The van der Waals surface area contributed by atoms with Crippen molar-refractivity contribution in [2.24, 2.45) is 0 Å². The highest BCUT2D eigenvalue weighted by Crippen LogP contribution is 2.43. The molecular weight excluding hydrogens is 576 g/mol. The van der Waals surface area contributed by atoms with Crippen molar-refractivity contribution in [3.8, 4) is 17.1 Å². The molecule has 0 bridgehead atoms. The quantitative estimate of drug-likeness (QED) is 0.246. The Hall–Kier alpha value is -3.46. The molecular formula is C32H30Cl2FN5O2. The fourth-order valence-corrected chi connectivity index (χ4v) is 7.30. The van der Waals surface area contributed by atoms with Gasteiger partial charge in [0.2, 0.25) is 5.91 Å². The van der Waals surface area contributed by atoms with Gasteiger partial charge in [-0.3, -0.25) is 9.69 Å². The van der Waals surface area contributed by atoms with Crippen molar-refractivity contribution in [2.45, 2.75) is 37.1 Å². The Morgan fingerprint density at radius 3 is 2.67 bits per heavy atom. The predicted molar refractivity (Wildman–Crippen MR) is 165 cm³/mol. The van der Waals surface area contributed by atoms with Crippen LogP contribution in [0.4, 0.5) is 10.2 Å². The van der Waals surface area contributed by atoms with Gasteiger partial charge in [-0.15, -0.1) is 0 Å². The lowest BCUT2D eigenvalue weighted by molar-refractivity contribution is -0.127. The third-order valence-electron chi connectivity index (χ3n) is 8.95. The molecule has 4 heterocycles. The molecule has 0 radical (unpaired) electrons. The number of anilines is 1. The molecule has 0 aliphatic carbocycles. The zero-order chi connectivity index (χ0) is 29.1. The van der Waals surface area contributed by atoms with Crippen LogP contribution in [0.5, 0.6) is 6.01 Å². The Kier molecular flexibility index (Phi) is 6.95. The minimum absolute atomic E-state index is 0.0491. The number of alkyl halides is 1. The zero-order valence-electron chi connectivity index (χ0n) is 23.1. The number of likely N-dealkylation sites (N-methyl/N-ethyl adjacent to an activating group) is 1. The number of hydrogen-bond acceptors (Lipinski definition) is 6. The minimum Gasteiger partial charge on any atom is -0.462 e. The number of benzene rings is 3. The molecule has 3 aromatic carbocycles. The summed E-state index contributed by atoms with van der Waals surface area (Å²) in [5.74, 6) is 0.670. The summed E-state index contributed by atoms with van der Waals surface area (Å²) in [6, 6.07) is 16.1. The van der Waals surface area contributed by atoms with Crippen molar-refractivity contribution in [3.63, 3.8) is 0 Å². The molecule has 42 heavy (non-hydrogen) atoms. The van der Waals surface area contributed by atoms with Crippen molar-refractivity contribution in [2.75, 3.05) is 38.2 Å². The molecule has 3 aliphatic rings. The van der Waals surface area contributed by atoms with E-state index in [0.717, 1.165) is 39.5 Å². The Bertz CT molecular complexity index is 1730. The SMILES string of the molecule is C=CC(=O)N1CCC2[C@H]1CN2c1nc(OC[C@@H]2C[C@@H](F)CN2C)nc2cc(-c3cccc4cccc(Cl)c34)c(Cl)cc12. The van der Waals surface area contributed by atoms with Crippen LogP contribution in [0.25, 0.3) is 32.8 Å². The average molecular weight is 607 g/mol. The second kappa shape index (κ2) is 10.7. The number of fused-ring (bicyclic) bond motifs is 3. The molecule has 0 saturated carbocycles. The number of hydrogen-bond donors (Lipinski definition) is 0. The van der Waals surface area contributed by atoms with Gasteiger partial charge in [0.15, 0.2) is 0 Å². The van der Waals surface area contributed by atoms with E-state index in [0.29, 0.717) is 41.6 Å². The predicted octanol–water partition coefficient (Wildman–Crippen LogP) is 6.15. The second-order valence-corrected chi connectivity index (χ2v) is 12.2. The highest BCUT2D eigenvalue weighted by molar-refractivity contribution is 6.38. The number of carbonyl (C=O) groups excluding carboxylic acids is 1. The summed E-state index contributed by atoms with van der Waals surface area (Å²) in [4.78, 5) is 28.1. The van der Waals surface area contributed by atoms with E-state index in [-0.39, 0.29) is 36.7 Å². The van der Waals surface area contributed by atoms with E-state index in [9.17, 15) is 9.18 Å². The number of rotatable bonds is 6. The van der Waals surface area contributed by atoms with Gasteiger partial charge in [0.25, 0.3) is 0 Å². The Morgan fingerprint density at radius 2 is 1.90 bits per heavy atom. The van der Waals surface area contributed by atoms with E-state index in [2.05, 4.69) is 11.5 Å². The van der Waals surface area contributed by atoms with Crippen LogP contribution in [-0.4, -0.2) is 83.3 Å². The summed E-state index contributed by atoms with van der Waals surface area (Å²) in [5, 5.41) is 3.94. The average Bonchev–Trinajstić information content (AvgIpc) is 3.48. The molecule has 1 aromatic heterocycles. The van der Waals surface area contributed by atoms with Crippen molar-refractivity contribution < 1.29 is 13.9 Å². The van der Waals surface area contributed by atoms with Gasteiger partial charge in [-0.25, -0.2) is 4.39 Å². The zero-order valence-corrected chi connectivity index (χ0v) is 24.7. The maximum absolute atomic E-state index is 14.0. The second-order valence-electron chi connectivity index (χ2n) is 11.4. The Balaban J connectivity index is 1.31. The number of carbonyl (C=O) groups is 1. The van der Waals surface area contributed by atoms with Crippen LogP contribution in [0.15, 0.2) is 61.2 Å². The summed E-state index contributed by atoms with van der Waals surface area (Å²) in [7, 11) is 1.90. The Labute approximate surface area is 253 Å². The first-order valence-electron chi connectivity index (χ1n) is 14.2. The summed E-state index contributed by atoms with van der Waals surface area (Å²) < 4.78 is 20.2. The number of amides is 1. The molecule has 4 aromatic rings. The topological polar surface area (TPSA) is 61.8 Å². The third kappa shape index (κ3) is 4.57. The largest absolute Gasteiger partial charge is 0.462 e. The fraction of sp³-hybridized carbons (Fsp3) is 0.344. The Morgan fingerprint density at radius 1 is 1.10 bits per heavy atom. The summed E-state index contributed by atoms with van der Waals surface area (Å²) in [6.45, 7) is 5.65. The molecule has 10 heteroatoms. The first-order chi connectivity index (χ1) is 20.3. The molecule has 7 nitrogen and oxygen atoms in total. The van der Waals surface area contributed by atoms with Crippen molar-refractivity contribution in [1.29, 1.82) is 0 Å². The molecule has 1 amide bonds. The van der Waals surface area contributed by atoms with Gasteiger partial charge in [-0.05, 0) is 55.1 Å². The van der Waals surface area contributed by atoms with Gasteiger partial charge < -0.3 is 14.5 Å². The third-order valence-corrected chi connectivity index (χ3v) is 9.58. The highest BCUT2D eigenvalue weighted by atomic mass is 35.5. The molecule has 0 N–H and O–H groups in total. The first kappa shape index (κ1) is 27.4. The number of aromatic nitrogens is 2. The lowest BCUT2D eigenvalue weighted by atomic mass is 9.95. The fourth-order valence-electron chi connectivity index (χ4n) is 6.75. The van der Waals surface area contributed by atoms with Crippen LogP contribution in [0.1, 0.15) is 12.8 Å². The van der Waals surface area contributed by atoms with Crippen LogP contribution >= 0.6 is 23.2 Å². The number of halogens is 3. The van der Waals surface area contributed by atoms with E-state index >= 15 is 0 Å². The van der Waals surface area contributed by atoms with E-state index in [1.165, 1.54) is 6.08 Å². The molecule has 1 unspecified atom stereocenters. The van der Waals surface area contributed by atoms with Crippen molar-refractivity contribution >= 4 is 56.6 Å². The highest BCUT2D eigenvalue weighted by Gasteiger charge is 2.49. The normalized spacial score (nSPS) is 23.8. The number of ether oxygens (including phenoxy) is 1. The van der Waals surface area contributed by atoms with E-state index < -0.39 is 6.17 Å². The lowest BCUT2D eigenvalue weighted by Gasteiger charge is -2.47. The van der Waals surface area contributed by atoms with Crippen LogP contribution in [0.2, 0.25) is 10.0 Å². The van der Waals surface area contributed by atoms with Gasteiger partial charge in [0.05, 0.1) is 17.6 Å². The van der Waals surface area contributed by atoms with Gasteiger partial charge in [-0.1, -0.05) is 60.1 Å². The molecule has 4 atom stereocenters. The molecule has 216 valence electrons. The van der Waals surface area contributed by atoms with Gasteiger partial charge >= 0.3 is 6.01 Å². The first-order valence-corrected chi connectivity index (χ1v) is 14.9. The maximum atomic E-state index is 14.0. The van der Waals surface area contributed by atoms with Crippen molar-refractivity contribution in [3.05, 3.63) is 71.2 Å². The monoisotopic (exact) mass is 605 g/mol. The van der Waals surface area contributed by atoms with E-state index in [4.69, 9.17) is 37.9 Å². The summed E-state index contributed by atoms with van der Waals surface area (Å²) >= 11 is 13.6. The van der Waals surface area contributed by atoms with E-state index in [1.807, 2.05) is 65.4 Å². The van der Waals surface area contributed by atoms with Crippen molar-refractivity contribution in [1.82, 2.24) is 19.8 Å². The van der Waals surface area contributed by atoms with Crippen LogP contribution in [-0.2, 0) is 4.79 Å². The maximum Gasteiger partial charge on any atom is 0.319 e. The van der Waals surface area contributed by atoms with Gasteiger partial charge in [0, 0.05) is 52.1 Å². The van der Waals surface area contributed by atoms with Crippen LogP contribution in [0.3, 0.4) is 0 Å². The smallest absolute Gasteiger partial charge is 0.319 e. The molecule has 7 rings (SSSR count). The summed E-state index contributed by atoms with van der Waals surface area (Å²) in [5.41, 5.74) is 2.40. The minimum atomic E-state index is -0.865. The van der Waals surface area contributed by atoms with Gasteiger partial charge in [0.1, 0.15) is 18.6 Å². The van der Waals surface area contributed by atoms with Crippen LogP contribution in [0, 0.1) is 0 Å². The molecule has 3 saturated heterocycles. The number of likely N-dealkylation sites (tertiary alicyclic amines) is 2. The van der Waals surface area contributed by atoms with Crippen LogP contribution < -0.4 is 9.64 Å². The summed E-state index contributed by atoms with van der Waals surface area (Å²) in [6.07, 6.45) is 1.76. The van der Waals surface area contributed by atoms with E-state index in [1.54, 1.807) is 0 Å².